The van der Waals surface area contributed by atoms with Crippen LogP contribution in [0.3, 0.4) is 0 Å². The number of cyclic esters (lactones) is 1. The molecule has 4 nitrogen and oxygen atoms in total. The molecule has 6 heteroatoms. The molecule has 0 unspecified atom stereocenters. The zero-order chi connectivity index (χ0) is 25.0. The fourth-order valence-corrected chi connectivity index (χ4v) is 9.99. The van der Waals surface area contributed by atoms with Crippen LogP contribution in [0.25, 0.3) is 0 Å². The Kier molecular flexibility index (Phi) is 6.91. The summed E-state index contributed by atoms with van der Waals surface area (Å²) in [6.07, 6.45) is -0.240. The third-order valence-corrected chi connectivity index (χ3v) is 12.0. The number of carbonyl (C=O) groups is 2. The van der Waals surface area contributed by atoms with E-state index < -0.39 is 18.4 Å². The first-order chi connectivity index (χ1) is 17.5. The van der Waals surface area contributed by atoms with E-state index >= 15 is 0 Å². The summed E-state index contributed by atoms with van der Waals surface area (Å²) in [6.45, 7) is -0.0510. The number of nitrogens with zero attached hydrogens (tertiary/aromatic N) is 1. The zero-order valence-electron chi connectivity index (χ0n) is 19.7. The zero-order valence-corrected chi connectivity index (χ0v) is 21.5. The Bertz CT molecular complexity index is 1240. The van der Waals surface area contributed by atoms with E-state index in [9.17, 15) is 9.59 Å². The molecule has 182 valence electrons. The monoisotopic (exact) mass is 515 g/mol. The molecule has 1 aliphatic rings. The van der Waals surface area contributed by atoms with Crippen molar-refractivity contribution in [2.75, 3.05) is 12.8 Å². The Morgan fingerprint density at radius 2 is 1.17 bits per heavy atom. The maximum atomic E-state index is 14.2. The summed E-state index contributed by atoms with van der Waals surface area (Å²) in [5.74, 6) is -0.327. The first kappa shape index (κ1) is 24.2. The van der Waals surface area contributed by atoms with E-state index in [1.54, 1.807) is 0 Å². The van der Waals surface area contributed by atoms with Crippen molar-refractivity contribution in [2.24, 2.45) is 0 Å². The van der Waals surface area contributed by atoms with Gasteiger partial charge in [-0.3, -0.25) is 0 Å². The van der Waals surface area contributed by atoms with Crippen molar-refractivity contribution in [3.63, 3.8) is 0 Å². The fourth-order valence-electron chi connectivity index (χ4n) is 5.11. The van der Waals surface area contributed by atoms with Gasteiger partial charge in [-0.05, 0) is 0 Å². The van der Waals surface area contributed by atoms with Gasteiger partial charge in [0.15, 0.2) is 0 Å². The van der Waals surface area contributed by atoms with E-state index in [0.717, 1.165) is 26.4 Å². The molecule has 0 aromatic heterocycles. The summed E-state index contributed by atoms with van der Waals surface area (Å²) >= 11 is 7.00. The number of hydrogen-bond donors (Lipinski definition) is 0. The molecule has 1 atom stereocenters. The van der Waals surface area contributed by atoms with E-state index in [1.807, 2.05) is 84.9 Å². The van der Waals surface area contributed by atoms with E-state index in [4.69, 9.17) is 16.3 Å². The summed E-state index contributed by atoms with van der Waals surface area (Å²) in [7, 11) is -2.90. The number of rotatable bonds is 7. The summed E-state index contributed by atoms with van der Waals surface area (Å²) < 4.78 is 5.36. The van der Waals surface area contributed by atoms with Crippen molar-refractivity contribution in [3.8, 4) is 0 Å². The molecule has 0 radical (unpaired) electrons. The normalized spacial score (nSPS) is 18.0. The number of benzene rings is 4. The molecule has 1 fully saturated rings. The number of hydrogen-bond acceptors (Lipinski definition) is 3. The van der Waals surface area contributed by atoms with Crippen molar-refractivity contribution in [1.82, 2.24) is 4.90 Å². The quantitative estimate of drug-likeness (QED) is 0.200. The van der Waals surface area contributed by atoms with Crippen LogP contribution >= 0.6 is 18.9 Å². The number of amides is 2. The Labute approximate surface area is 216 Å². The van der Waals surface area contributed by atoms with E-state index in [0.29, 0.717) is 6.42 Å². The molecular formula is C30H27ClNO3P. The van der Waals surface area contributed by atoms with E-state index in [2.05, 4.69) is 36.4 Å². The van der Waals surface area contributed by atoms with Gasteiger partial charge in [0, 0.05) is 0 Å². The minimum atomic E-state index is -2.90. The third-order valence-electron chi connectivity index (χ3n) is 6.78. The summed E-state index contributed by atoms with van der Waals surface area (Å²) in [5, 5.41) is 3.27. The van der Waals surface area contributed by atoms with Gasteiger partial charge in [-0.25, -0.2) is 0 Å². The molecule has 36 heavy (non-hydrogen) atoms. The molecule has 0 N–H and O–H groups in total. The van der Waals surface area contributed by atoms with E-state index in [1.165, 1.54) is 0 Å². The van der Waals surface area contributed by atoms with Crippen LogP contribution in [-0.4, -0.2) is 34.7 Å². The van der Waals surface area contributed by atoms with Crippen LogP contribution in [0.15, 0.2) is 121 Å². The average molecular weight is 516 g/mol. The molecule has 0 spiro atoms. The van der Waals surface area contributed by atoms with Crippen molar-refractivity contribution in [3.05, 3.63) is 127 Å². The van der Waals surface area contributed by atoms with Gasteiger partial charge in [0.25, 0.3) is 0 Å². The van der Waals surface area contributed by atoms with Gasteiger partial charge in [0.1, 0.15) is 0 Å². The van der Waals surface area contributed by atoms with Crippen LogP contribution in [0.2, 0.25) is 0 Å². The standard InChI is InChI=1S/C30H27ClNO3P/c31-30(21-24-13-5-1-6-14-24)23-35-29(34)32(30)28(33)22-36(25-15-7-2-8-16-25,26-17-9-3-10-18-26)27-19-11-4-12-20-27/h1-20,36H,21-23H2/t30-/m1/s1. The fraction of sp³-hybridized carbons (Fsp3) is 0.133. The molecule has 0 bridgehead atoms. The second-order valence-electron chi connectivity index (χ2n) is 9.04. The molecule has 0 aliphatic carbocycles. The first-order valence-corrected chi connectivity index (χ1v) is 14.5. The van der Waals surface area contributed by atoms with Gasteiger partial charge in [0.05, 0.1) is 0 Å². The van der Waals surface area contributed by atoms with Crippen LogP contribution < -0.4 is 15.9 Å². The van der Waals surface area contributed by atoms with Gasteiger partial charge in [0.2, 0.25) is 0 Å². The minimum absolute atomic E-state index is 0.0510. The van der Waals surface area contributed by atoms with Gasteiger partial charge in [-0.2, -0.15) is 0 Å². The van der Waals surface area contributed by atoms with Crippen LogP contribution in [0, 0.1) is 0 Å². The van der Waals surface area contributed by atoms with E-state index in [-0.39, 0.29) is 18.7 Å². The van der Waals surface area contributed by atoms with Crippen molar-refractivity contribution in [2.45, 2.75) is 11.4 Å². The topological polar surface area (TPSA) is 46.6 Å². The number of carbonyl (C=O) groups excluding carboxylic acids is 2. The van der Waals surface area contributed by atoms with Crippen LogP contribution in [-0.2, 0) is 16.0 Å². The van der Waals surface area contributed by atoms with Crippen molar-refractivity contribution < 1.29 is 14.3 Å². The molecule has 1 aliphatic heterocycles. The average Bonchev–Trinajstić information content (AvgIpc) is 3.22. The Morgan fingerprint density at radius 1 is 0.750 bits per heavy atom. The summed E-state index contributed by atoms with van der Waals surface area (Å²) in [5.41, 5.74) is 0.932. The SMILES string of the molecule is O=C(C[PH](c1ccccc1)(c1ccccc1)c1ccccc1)N1C(=O)OC[C@@]1(Cl)Cc1ccccc1. The predicted molar refractivity (Wildman–Crippen MR) is 148 cm³/mol. The Hall–Kier alpha value is -3.46. The summed E-state index contributed by atoms with van der Waals surface area (Å²) in [4.78, 5) is 27.0. The molecule has 1 heterocycles. The van der Waals surface area contributed by atoms with Gasteiger partial charge in [-0.15, -0.1) is 0 Å². The first-order valence-electron chi connectivity index (χ1n) is 11.9. The Morgan fingerprint density at radius 3 is 1.61 bits per heavy atom. The number of alkyl halides is 1. The van der Waals surface area contributed by atoms with Crippen LogP contribution in [0.1, 0.15) is 5.56 Å². The van der Waals surface area contributed by atoms with Crippen LogP contribution in [0.4, 0.5) is 4.79 Å². The molecule has 4 aromatic carbocycles. The number of imide groups is 1. The van der Waals surface area contributed by atoms with Gasteiger partial charge < -0.3 is 0 Å². The van der Waals surface area contributed by atoms with Crippen molar-refractivity contribution >= 4 is 46.8 Å². The predicted octanol–water partition coefficient (Wildman–Crippen LogP) is 4.87. The molecule has 1 saturated heterocycles. The summed E-state index contributed by atoms with van der Waals surface area (Å²) in [6, 6.07) is 40.0. The van der Waals surface area contributed by atoms with Gasteiger partial charge >= 0.3 is 217 Å². The second-order valence-corrected chi connectivity index (χ2v) is 13.6. The number of halogens is 1. The molecule has 2 amide bonds. The second kappa shape index (κ2) is 10.3. The van der Waals surface area contributed by atoms with Gasteiger partial charge in [-0.1, -0.05) is 0 Å². The molecule has 4 aromatic rings. The molecule has 0 saturated carbocycles. The molecule has 5 rings (SSSR count). The Balaban J connectivity index is 1.61. The molecular weight excluding hydrogens is 489 g/mol. The third kappa shape index (κ3) is 4.55. The van der Waals surface area contributed by atoms with Crippen molar-refractivity contribution in [1.29, 1.82) is 0 Å². The maximum absolute atomic E-state index is 14.2. The van der Waals surface area contributed by atoms with Crippen LogP contribution in [0.5, 0.6) is 0 Å². The number of ether oxygens (including phenoxy) is 1.